The molecular formula is C14H19N3O. The number of hydrogen-bond donors (Lipinski definition) is 1. The maximum atomic E-state index is 5.71. The fraction of sp³-hybridized carbons (Fsp3) is 0.357. The van der Waals surface area contributed by atoms with Crippen LogP contribution in [0, 0.1) is 6.92 Å². The number of hydrogen-bond acceptors (Lipinski definition) is 4. The van der Waals surface area contributed by atoms with E-state index in [4.69, 9.17) is 10.2 Å². The van der Waals surface area contributed by atoms with E-state index >= 15 is 0 Å². The first kappa shape index (κ1) is 12.8. The molecule has 2 heterocycles. The van der Waals surface area contributed by atoms with Crippen molar-refractivity contribution in [3.8, 4) is 0 Å². The van der Waals surface area contributed by atoms with Crippen LogP contribution in [0.1, 0.15) is 22.6 Å². The maximum absolute atomic E-state index is 5.71. The van der Waals surface area contributed by atoms with Crippen LogP contribution in [0.4, 0.5) is 0 Å². The summed E-state index contributed by atoms with van der Waals surface area (Å²) in [5.74, 6) is 0.974. The Morgan fingerprint density at radius 1 is 1.28 bits per heavy atom. The van der Waals surface area contributed by atoms with Gasteiger partial charge in [-0.2, -0.15) is 0 Å². The lowest BCUT2D eigenvalue weighted by atomic mass is 10.1. The second-order valence-corrected chi connectivity index (χ2v) is 4.49. The highest BCUT2D eigenvalue weighted by atomic mass is 16.3. The van der Waals surface area contributed by atoms with Crippen molar-refractivity contribution in [1.82, 2.24) is 9.88 Å². The van der Waals surface area contributed by atoms with E-state index in [2.05, 4.69) is 16.9 Å². The minimum Gasteiger partial charge on any atom is -0.469 e. The summed E-state index contributed by atoms with van der Waals surface area (Å²) < 4.78 is 5.30. The van der Waals surface area contributed by atoms with Crippen molar-refractivity contribution in [3.63, 3.8) is 0 Å². The van der Waals surface area contributed by atoms with Gasteiger partial charge in [0.1, 0.15) is 5.76 Å². The molecule has 0 spiro atoms. The number of aryl methyl sites for hydroxylation is 1. The summed E-state index contributed by atoms with van der Waals surface area (Å²) in [5.41, 5.74) is 9.07. The van der Waals surface area contributed by atoms with Crippen molar-refractivity contribution in [2.75, 3.05) is 7.05 Å². The third-order valence-corrected chi connectivity index (χ3v) is 3.03. The van der Waals surface area contributed by atoms with Gasteiger partial charge in [0.05, 0.1) is 12.0 Å². The number of aromatic nitrogens is 1. The zero-order chi connectivity index (χ0) is 13.0. The average molecular weight is 245 g/mol. The molecule has 0 aliphatic carbocycles. The van der Waals surface area contributed by atoms with Crippen LogP contribution in [-0.2, 0) is 19.6 Å². The van der Waals surface area contributed by atoms with Crippen LogP contribution >= 0.6 is 0 Å². The van der Waals surface area contributed by atoms with Crippen LogP contribution in [0.3, 0.4) is 0 Å². The van der Waals surface area contributed by atoms with Gasteiger partial charge in [0.15, 0.2) is 0 Å². The van der Waals surface area contributed by atoms with E-state index in [-0.39, 0.29) is 0 Å². The lowest BCUT2D eigenvalue weighted by Gasteiger charge is -2.17. The lowest BCUT2D eigenvalue weighted by Crippen LogP contribution is -2.19. The standard InChI is InChI=1S/C14H19N3O/c1-11-13(5-7-18-11)9-17(2)10-14-12(8-15)4-3-6-16-14/h3-7H,8-10,15H2,1-2H3. The van der Waals surface area contributed by atoms with Gasteiger partial charge < -0.3 is 10.2 Å². The summed E-state index contributed by atoms with van der Waals surface area (Å²) in [5, 5.41) is 0. The van der Waals surface area contributed by atoms with Gasteiger partial charge in [0.2, 0.25) is 0 Å². The van der Waals surface area contributed by atoms with E-state index in [1.54, 1.807) is 6.26 Å². The first-order chi connectivity index (χ1) is 8.70. The van der Waals surface area contributed by atoms with E-state index in [0.717, 1.165) is 30.1 Å². The molecule has 0 atom stereocenters. The summed E-state index contributed by atoms with van der Waals surface area (Å²) in [4.78, 5) is 6.60. The third-order valence-electron chi connectivity index (χ3n) is 3.03. The molecule has 2 N–H and O–H groups in total. The molecule has 2 aromatic heterocycles. The number of furan rings is 1. The van der Waals surface area contributed by atoms with Crippen LogP contribution in [0.25, 0.3) is 0 Å². The first-order valence-corrected chi connectivity index (χ1v) is 6.05. The van der Waals surface area contributed by atoms with E-state index in [1.165, 1.54) is 5.56 Å². The largest absolute Gasteiger partial charge is 0.469 e. The highest BCUT2D eigenvalue weighted by molar-refractivity contribution is 5.20. The number of rotatable bonds is 5. The monoisotopic (exact) mass is 245 g/mol. The van der Waals surface area contributed by atoms with E-state index < -0.39 is 0 Å². The molecule has 2 rings (SSSR count). The molecule has 0 saturated carbocycles. The van der Waals surface area contributed by atoms with E-state index in [9.17, 15) is 0 Å². The summed E-state index contributed by atoms with van der Waals surface area (Å²) in [6.07, 6.45) is 3.54. The van der Waals surface area contributed by atoms with Gasteiger partial charge in [0.25, 0.3) is 0 Å². The van der Waals surface area contributed by atoms with Crippen LogP contribution in [0.2, 0.25) is 0 Å². The van der Waals surface area contributed by atoms with Gasteiger partial charge in [0, 0.05) is 31.4 Å². The minimum atomic E-state index is 0.530. The van der Waals surface area contributed by atoms with Crippen molar-refractivity contribution in [1.29, 1.82) is 0 Å². The lowest BCUT2D eigenvalue weighted by molar-refractivity contribution is 0.311. The van der Waals surface area contributed by atoms with Crippen LogP contribution in [-0.4, -0.2) is 16.9 Å². The maximum Gasteiger partial charge on any atom is 0.105 e. The highest BCUT2D eigenvalue weighted by Gasteiger charge is 2.08. The molecule has 0 radical (unpaired) electrons. The molecule has 18 heavy (non-hydrogen) atoms. The molecule has 0 amide bonds. The van der Waals surface area contributed by atoms with Crippen molar-refractivity contribution < 1.29 is 4.42 Å². The summed E-state index contributed by atoms with van der Waals surface area (Å²) >= 11 is 0. The van der Waals surface area contributed by atoms with Crippen LogP contribution in [0.15, 0.2) is 35.1 Å². The predicted octanol–water partition coefficient (Wildman–Crippen LogP) is 2.07. The second-order valence-electron chi connectivity index (χ2n) is 4.49. The van der Waals surface area contributed by atoms with Gasteiger partial charge in [-0.15, -0.1) is 0 Å². The zero-order valence-electron chi connectivity index (χ0n) is 10.9. The first-order valence-electron chi connectivity index (χ1n) is 6.05. The topological polar surface area (TPSA) is 55.3 Å². The van der Waals surface area contributed by atoms with E-state index in [0.29, 0.717) is 6.54 Å². The second kappa shape index (κ2) is 5.80. The molecule has 2 aromatic rings. The van der Waals surface area contributed by atoms with Gasteiger partial charge >= 0.3 is 0 Å². The van der Waals surface area contributed by atoms with Gasteiger partial charge in [-0.3, -0.25) is 9.88 Å². The SMILES string of the molecule is Cc1occc1CN(C)Cc1ncccc1CN. The van der Waals surface area contributed by atoms with Crippen LogP contribution in [0.5, 0.6) is 0 Å². The average Bonchev–Trinajstić information content (AvgIpc) is 2.75. The normalized spacial score (nSPS) is 11.1. The third kappa shape index (κ3) is 2.97. The Morgan fingerprint density at radius 3 is 2.78 bits per heavy atom. The molecule has 0 unspecified atom stereocenters. The molecule has 0 aliphatic rings. The van der Waals surface area contributed by atoms with Gasteiger partial charge in [-0.25, -0.2) is 0 Å². The fourth-order valence-electron chi connectivity index (χ4n) is 1.98. The number of pyridine rings is 1. The Labute approximate surface area is 107 Å². The predicted molar refractivity (Wildman–Crippen MR) is 70.7 cm³/mol. The molecule has 0 bridgehead atoms. The van der Waals surface area contributed by atoms with Crippen LogP contribution < -0.4 is 5.73 Å². The molecule has 0 aliphatic heterocycles. The van der Waals surface area contributed by atoms with Crippen molar-refractivity contribution in [2.45, 2.75) is 26.6 Å². The molecule has 96 valence electrons. The molecule has 4 nitrogen and oxygen atoms in total. The van der Waals surface area contributed by atoms with Gasteiger partial charge in [-0.1, -0.05) is 6.07 Å². The molecule has 0 fully saturated rings. The Morgan fingerprint density at radius 2 is 2.11 bits per heavy atom. The molecule has 0 aromatic carbocycles. The Kier molecular flexibility index (Phi) is 4.12. The van der Waals surface area contributed by atoms with Crippen molar-refractivity contribution >= 4 is 0 Å². The Bertz CT molecular complexity index is 507. The smallest absolute Gasteiger partial charge is 0.105 e. The highest BCUT2D eigenvalue weighted by Crippen LogP contribution is 2.13. The minimum absolute atomic E-state index is 0.530. The molecule has 0 saturated heterocycles. The summed E-state index contributed by atoms with van der Waals surface area (Å²) in [6.45, 7) is 4.15. The van der Waals surface area contributed by atoms with Gasteiger partial charge in [-0.05, 0) is 31.7 Å². The summed E-state index contributed by atoms with van der Waals surface area (Å²) in [7, 11) is 2.07. The fourth-order valence-corrected chi connectivity index (χ4v) is 1.98. The summed E-state index contributed by atoms with van der Waals surface area (Å²) in [6, 6.07) is 5.96. The van der Waals surface area contributed by atoms with E-state index in [1.807, 2.05) is 31.3 Å². The quantitative estimate of drug-likeness (QED) is 0.876. The Balaban J connectivity index is 2.03. The van der Waals surface area contributed by atoms with Crippen molar-refractivity contribution in [2.24, 2.45) is 5.73 Å². The van der Waals surface area contributed by atoms with Crippen molar-refractivity contribution in [3.05, 3.63) is 53.2 Å². The molecule has 4 heteroatoms. The zero-order valence-corrected chi connectivity index (χ0v) is 10.9. The number of nitrogens with zero attached hydrogens (tertiary/aromatic N) is 2. The number of nitrogens with two attached hydrogens (primary N) is 1. The Hall–Kier alpha value is -1.65. The molecular weight excluding hydrogens is 226 g/mol.